The molecule has 0 radical (unpaired) electrons. The number of aromatic nitrogens is 1. The molecule has 3 nitrogen and oxygen atoms in total. The van der Waals surface area contributed by atoms with E-state index in [0.717, 1.165) is 27.6 Å². The monoisotopic (exact) mass is 576 g/mol. The molecule has 2 unspecified atom stereocenters. The van der Waals surface area contributed by atoms with Crippen LogP contribution in [0.1, 0.15) is 28.8 Å². The third-order valence-corrected chi connectivity index (χ3v) is 9.73. The topological polar surface area (TPSA) is 21.3 Å². The Morgan fingerprint density at radius 1 is 0.578 bits per heavy atom. The van der Waals surface area contributed by atoms with Gasteiger partial charge in [0.1, 0.15) is 11.2 Å². The lowest BCUT2D eigenvalue weighted by atomic mass is 9.86. The van der Waals surface area contributed by atoms with E-state index in [1.54, 1.807) is 0 Å². The fourth-order valence-electron chi connectivity index (χ4n) is 7.90. The lowest BCUT2D eigenvalue weighted by Gasteiger charge is -2.33. The van der Waals surface area contributed by atoms with Crippen molar-refractivity contribution in [3.05, 3.63) is 168 Å². The molecular formula is C42H28N2O. The number of hydrogen-bond acceptors (Lipinski definition) is 2. The number of fused-ring (bicyclic) bond motifs is 10. The number of hydrogen-bond donors (Lipinski definition) is 0. The molecule has 6 aromatic carbocycles. The summed E-state index contributed by atoms with van der Waals surface area (Å²) in [7, 11) is 0. The Morgan fingerprint density at radius 2 is 1.36 bits per heavy atom. The number of para-hydroxylation sites is 3. The quantitative estimate of drug-likeness (QED) is 0.209. The molecule has 0 bridgehead atoms. The lowest BCUT2D eigenvalue weighted by Crippen LogP contribution is -2.26. The van der Waals surface area contributed by atoms with Crippen LogP contribution in [0, 0.1) is 0 Å². The molecule has 3 heteroatoms. The van der Waals surface area contributed by atoms with Gasteiger partial charge in [0.2, 0.25) is 0 Å². The number of rotatable bonds is 3. The molecule has 2 atom stereocenters. The Hall–Kier alpha value is -5.80. The Balaban J connectivity index is 1.23. The molecule has 0 saturated carbocycles. The van der Waals surface area contributed by atoms with E-state index in [4.69, 9.17) is 4.42 Å². The van der Waals surface area contributed by atoms with Crippen molar-refractivity contribution in [3.63, 3.8) is 0 Å². The first-order valence-electron chi connectivity index (χ1n) is 15.6. The highest BCUT2D eigenvalue weighted by Crippen LogP contribution is 2.57. The van der Waals surface area contributed by atoms with Crippen LogP contribution in [0.15, 0.2) is 156 Å². The maximum Gasteiger partial charge on any atom is 0.137 e. The van der Waals surface area contributed by atoms with Crippen LogP contribution in [0.3, 0.4) is 0 Å². The summed E-state index contributed by atoms with van der Waals surface area (Å²) < 4.78 is 9.08. The molecule has 2 aromatic heterocycles. The maximum atomic E-state index is 6.60. The molecule has 45 heavy (non-hydrogen) atoms. The van der Waals surface area contributed by atoms with Crippen molar-refractivity contribution >= 4 is 50.3 Å². The molecule has 1 aliphatic carbocycles. The van der Waals surface area contributed by atoms with Crippen LogP contribution < -0.4 is 4.90 Å². The van der Waals surface area contributed by atoms with Crippen LogP contribution in [-0.2, 0) is 0 Å². The van der Waals surface area contributed by atoms with E-state index in [-0.39, 0.29) is 12.0 Å². The largest absolute Gasteiger partial charge is 0.456 e. The lowest BCUT2D eigenvalue weighted by molar-refractivity contribution is 0.635. The van der Waals surface area contributed by atoms with E-state index in [1.807, 2.05) is 0 Å². The van der Waals surface area contributed by atoms with E-state index in [0.29, 0.717) is 0 Å². The smallest absolute Gasteiger partial charge is 0.137 e. The molecule has 0 saturated heterocycles. The Labute approximate surface area is 260 Å². The average molecular weight is 577 g/mol. The fraction of sp³-hybridized carbons (Fsp3) is 0.0476. The normalized spacial score (nSPS) is 16.8. The van der Waals surface area contributed by atoms with Crippen molar-refractivity contribution in [1.29, 1.82) is 0 Å². The van der Waals surface area contributed by atoms with Gasteiger partial charge < -0.3 is 13.9 Å². The van der Waals surface area contributed by atoms with Gasteiger partial charge in [-0.1, -0.05) is 109 Å². The third kappa shape index (κ3) is 3.46. The summed E-state index contributed by atoms with van der Waals surface area (Å²) in [5, 5.41) is 3.56. The SMILES string of the molecule is C1=CC2c3ccccc3N(c3ccccc3)C2c2c1c1ccccc1n2-c1ccc2c(c1)oc1cccc(-c3ccccc3)c12. The molecule has 2 aliphatic rings. The van der Waals surface area contributed by atoms with E-state index < -0.39 is 0 Å². The van der Waals surface area contributed by atoms with Crippen LogP contribution in [-0.4, -0.2) is 4.57 Å². The Morgan fingerprint density at radius 3 is 2.24 bits per heavy atom. The van der Waals surface area contributed by atoms with Crippen molar-refractivity contribution in [2.24, 2.45) is 0 Å². The van der Waals surface area contributed by atoms with Gasteiger partial charge in [-0.05, 0) is 59.2 Å². The van der Waals surface area contributed by atoms with Gasteiger partial charge in [0.15, 0.2) is 0 Å². The molecule has 10 rings (SSSR count). The molecule has 1 aliphatic heterocycles. The van der Waals surface area contributed by atoms with Gasteiger partial charge in [-0.15, -0.1) is 0 Å². The second-order valence-corrected chi connectivity index (χ2v) is 12.1. The summed E-state index contributed by atoms with van der Waals surface area (Å²) in [6, 6.07) is 52.3. The number of anilines is 2. The van der Waals surface area contributed by atoms with Crippen LogP contribution in [0.5, 0.6) is 0 Å². The van der Waals surface area contributed by atoms with Crippen LogP contribution >= 0.6 is 0 Å². The summed E-state index contributed by atoms with van der Waals surface area (Å²) in [4.78, 5) is 2.55. The average Bonchev–Trinajstić information content (AvgIpc) is 3.76. The summed E-state index contributed by atoms with van der Waals surface area (Å²) in [5.74, 6) is 0.236. The number of nitrogens with zero attached hydrogens (tertiary/aromatic N) is 2. The number of furan rings is 1. The first kappa shape index (κ1) is 24.6. The molecule has 3 heterocycles. The zero-order chi connectivity index (χ0) is 29.5. The van der Waals surface area contributed by atoms with Gasteiger partial charge in [0.05, 0.1) is 17.3 Å². The minimum atomic E-state index is 0.105. The molecular weight excluding hydrogens is 548 g/mol. The van der Waals surface area contributed by atoms with Crippen molar-refractivity contribution in [2.75, 3.05) is 4.90 Å². The van der Waals surface area contributed by atoms with Gasteiger partial charge >= 0.3 is 0 Å². The van der Waals surface area contributed by atoms with Crippen molar-refractivity contribution in [1.82, 2.24) is 4.57 Å². The first-order chi connectivity index (χ1) is 22.3. The summed E-state index contributed by atoms with van der Waals surface area (Å²) in [6.07, 6.45) is 4.77. The highest BCUT2D eigenvalue weighted by atomic mass is 16.3. The summed E-state index contributed by atoms with van der Waals surface area (Å²) in [5.41, 5.74) is 13.0. The fourth-order valence-corrected chi connectivity index (χ4v) is 7.90. The van der Waals surface area contributed by atoms with Crippen LogP contribution in [0.4, 0.5) is 11.4 Å². The van der Waals surface area contributed by atoms with E-state index >= 15 is 0 Å². The molecule has 8 aromatic rings. The molecule has 212 valence electrons. The maximum absolute atomic E-state index is 6.60. The molecule has 0 fully saturated rings. The second kappa shape index (κ2) is 9.35. The van der Waals surface area contributed by atoms with Crippen molar-refractivity contribution in [2.45, 2.75) is 12.0 Å². The standard InChI is InChI=1S/C42H28N2O/c1-3-12-27(13-4-1)30-18-11-21-38-40(30)35-23-22-29(26-39(35)45-38)44-37-20-10-8-17-32(37)34-25-24-33-31-16-7-9-19-36(31)43(41(33)42(34)44)28-14-5-2-6-15-28/h1-26,33,41H. The predicted octanol–water partition coefficient (Wildman–Crippen LogP) is 11.2. The molecule has 0 N–H and O–H groups in total. The van der Waals surface area contributed by atoms with E-state index in [2.05, 4.69) is 167 Å². The Kier molecular flexibility index (Phi) is 5.11. The van der Waals surface area contributed by atoms with Crippen molar-refractivity contribution in [3.8, 4) is 16.8 Å². The van der Waals surface area contributed by atoms with Gasteiger partial charge in [0.25, 0.3) is 0 Å². The Bertz CT molecular complexity index is 2450. The van der Waals surface area contributed by atoms with Crippen molar-refractivity contribution < 1.29 is 4.42 Å². The third-order valence-electron chi connectivity index (χ3n) is 9.73. The van der Waals surface area contributed by atoms with Crippen LogP contribution in [0.25, 0.3) is 55.7 Å². The highest BCUT2D eigenvalue weighted by molar-refractivity contribution is 6.12. The molecule has 0 amide bonds. The first-order valence-corrected chi connectivity index (χ1v) is 15.6. The van der Waals surface area contributed by atoms with Gasteiger partial charge in [-0.2, -0.15) is 0 Å². The minimum absolute atomic E-state index is 0.105. The van der Waals surface area contributed by atoms with Gasteiger partial charge in [-0.3, -0.25) is 0 Å². The van der Waals surface area contributed by atoms with Gasteiger partial charge in [0, 0.05) is 50.8 Å². The van der Waals surface area contributed by atoms with Gasteiger partial charge in [-0.25, -0.2) is 0 Å². The van der Waals surface area contributed by atoms with E-state index in [9.17, 15) is 0 Å². The summed E-state index contributed by atoms with van der Waals surface area (Å²) >= 11 is 0. The highest BCUT2D eigenvalue weighted by Gasteiger charge is 2.44. The van der Waals surface area contributed by atoms with Crippen LogP contribution in [0.2, 0.25) is 0 Å². The number of benzene rings is 6. The zero-order valence-corrected chi connectivity index (χ0v) is 24.5. The zero-order valence-electron chi connectivity index (χ0n) is 24.5. The molecule has 0 spiro atoms. The summed E-state index contributed by atoms with van der Waals surface area (Å²) in [6.45, 7) is 0. The second-order valence-electron chi connectivity index (χ2n) is 12.1. The van der Waals surface area contributed by atoms with E-state index in [1.165, 1.54) is 50.2 Å². The minimum Gasteiger partial charge on any atom is -0.456 e. The predicted molar refractivity (Wildman–Crippen MR) is 186 cm³/mol.